The van der Waals surface area contributed by atoms with Gasteiger partial charge in [0.25, 0.3) is 0 Å². The van der Waals surface area contributed by atoms with Crippen molar-refractivity contribution in [1.82, 2.24) is 15.6 Å². The van der Waals surface area contributed by atoms with Gasteiger partial charge in [-0.05, 0) is 46.2 Å². The molecule has 1 aromatic rings. The number of alkyl carbamates (subject to hydrolysis) is 1. The van der Waals surface area contributed by atoms with Gasteiger partial charge in [0.1, 0.15) is 5.60 Å². The van der Waals surface area contributed by atoms with Crippen LogP contribution in [0.4, 0.5) is 4.79 Å². The summed E-state index contributed by atoms with van der Waals surface area (Å²) in [6, 6.07) is 4.11. The molecule has 0 radical (unpaired) electrons. The molecule has 0 aromatic carbocycles. The highest BCUT2D eigenvalue weighted by atomic mass is 16.6. The van der Waals surface area contributed by atoms with E-state index in [4.69, 9.17) is 4.74 Å². The van der Waals surface area contributed by atoms with Gasteiger partial charge in [-0.25, -0.2) is 4.79 Å². The third-order valence-corrected chi connectivity index (χ3v) is 2.68. The number of hydrogen-bond donors (Lipinski definition) is 2. The van der Waals surface area contributed by atoms with Gasteiger partial charge in [0.2, 0.25) is 0 Å². The summed E-state index contributed by atoms with van der Waals surface area (Å²) >= 11 is 0. The molecule has 2 atom stereocenters. The van der Waals surface area contributed by atoms with E-state index in [0.717, 1.165) is 5.56 Å². The minimum atomic E-state index is -0.472. The van der Waals surface area contributed by atoms with Crippen LogP contribution in [0, 0.1) is 0 Å². The molecule has 20 heavy (non-hydrogen) atoms. The molecular formula is C15H25N3O2. The highest BCUT2D eigenvalue weighted by molar-refractivity contribution is 5.68. The summed E-state index contributed by atoms with van der Waals surface area (Å²) in [7, 11) is 0. The Balaban J connectivity index is 2.33. The number of nitrogens with zero attached hydrogens (tertiary/aromatic N) is 1. The number of carbonyl (C=O) groups excluding carboxylic acids is 1. The van der Waals surface area contributed by atoms with E-state index < -0.39 is 5.60 Å². The maximum Gasteiger partial charge on any atom is 0.407 e. The molecule has 0 spiro atoms. The normalized spacial score (nSPS) is 14.4. The lowest BCUT2D eigenvalue weighted by atomic mass is 10.1. The number of rotatable bonds is 5. The van der Waals surface area contributed by atoms with E-state index in [-0.39, 0.29) is 18.2 Å². The number of amides is 1. The second kappa shape index (κ2) is 7.24. The van der Waals surface area contributed by atoms with Crippen molar-refractivity contribution < 1.29 is 9.53 Å². The molecular weight excluding hydrogens is 254 g/mol. The monoisotopic (exact) mass is 279 g/mol. The zero-order valence-corrected chi connectivity index (χ0v) is 12.9. The molecule has 0 aliphatic carbocycles. The second-order valence-corrected chi connectivity index (χ2v) is 5.96. The lowest BCUT2D eigenvalue weighted by Gasteiger charge is -2.23. The molecule has 1 rings (SSSR count). The fraction of sp³-hybridized carbons (Fsp3) is 0.600. The molecule has 0 aliphatic heterocycles. The molecule has 0 fully saturated rings. The van der Waals surface area contributed by atoms with Crippen molar-refractivity contribution >= 4 is 6.09 Å². The van der Waals surface area contributed by atoms with Gasteiger partial charge in [0.05, 0.1) is 0 Å². The highest BCUT2D eigenvalue weighted by Gasteiger charge is 2.17. The van der Waals surface area contributed by atoms with Crippen molar-refractivity contribution in [3.05, 3.63) is 30.1 Å². The molecule has 1 heterocycles. The Morgan fingerprint density at radius 3 is 2.65 bits per heavy atom. The van der Waals surface area contributed by atoms with E-state index in [9.17, 15) is 4.79 Å². The van der Waals surface area contributed by atoms with Gasteiger partial charge in [-0.3, -0.25) is 4.98 Å². The van der Waals surface area contributed by atoms with E-state index in [0.29, 0.717) is 6.54 Å². The van der Waals surface area contributed by atoms with Gasteiger partial charge in [-0.15, -0.1) is 0 Å². The maximum absolute atomic E-state index is 11.6. The number of pyridine rings is 1. The molecule has 0 saturated carbocycles. The molecule has 5 nitrogen and oxygen atoms in total. The zero-order valence-electron chi connectivity index (χ0n) is 12.9. The number of carbonyl (C=O) groups is 1. The van der Waals surface area contributed by atoms with Crippen molar-refractivity contribution in [2.24, 2.45) is 0 Å². The van der Waals surface area contributed by atoms with Crippen molar-refractivity contribution in [1.29, 1.82) is 0 Å². The Morgan fingerprint density at radius 1 is 1.40 bits per heavy atom. The van der Waals surface area contributed by atoms with E-state index >= 15 is 0 Å². The van der Waals surface area contributed by atoms with E-state index in [1.807, 2.05) is 46.0 Å². The lowest BCUT2D eigenvalue weighted by molar-refractivity contribution is 0.0507. The van der Waals surface area contributed by atoms with Gasteiger partial charge in [0.15, 0.2) is 0 Å². The van der Waals surface area contributed by atoms with Crippen LogP contribution in [0.3, 0.4) is 0 Å². The summed E-state index contributed by atoms with van der Waals surface area (Å²) in [5.41, 5.74) is 0.650. The third kappa shape index (κ3) is 6.52. The third-order valence-electron chi connectivity index (χ3n) is 2.68. The summed E-state index contributed by atoms with van der Waals surface area (Å²) < 4.78 is 5.21. The molecule has 112 valence electrons. The molecule has 0 saturated heterocycles. The number of hydrogen-bond acceptors (Lipinski definition) is 4. The van der Waals surface area contributed by atoms with Crippen LogP contribution >= 0.6 is 0 Å². The van der Waals surface area contributed by atoms with Crippen LogP contribution in [-0.2, 0) is 4.74 Å². The number of aromatic nitrogens is 1. The van der Waals surface area contributed by atoms with Crippen LogP contribution in [0.5, 0.6) is 0 Å². The summed E-state index contributed by atoms with van der Waals surface area (Å²) in [6.07, 6.45) is 3.20. The van der Waals surface area contributed by atoms with Crippen molar-refractivity contribution in [3.8, 4) is 0 Å². The van der Waals surface area contributed by atoms with Gasteiger partial charge in [-0.1, -0.05) is 6.07 Å². The van der Waals surface area contributed by atoms with Crippen LogP contribution in [0.15, 0.2) is 24.5 Å². The van der Waals surface area contributed by atoms with Gasteiger partial charge in [-0.2, -0.15) is 0 Å². The van der Waals surface area contributed by atoms with Crippen molar-refractivity contribution in [3.63, 3.8) is 0 Å². The number of nitrogens with one attached hydrogen (secondary N) is 2. The predicted octanol–water partition coefficient (Wildman–Crippen LogP) is 2.65. The highest BCUT2D eigenvalue weighted by Crippen LogP contribution is 2.09. The zero-order chi connectivity index (χ0) is 15.2. The first-order chi connectivity index (χ1) is 9.28. The number of ether oxygens (including phenoxy) is 1. The maximum atomic E-state index is 11.6. The van der Waals surface area contributed by atoms with E-state index in [2.05, 4.69) is 22.5 Å². The topological polar surface area (TPSA) is 63.2 Å². The Morgan fingerprint density at radius 2 is 2.10 bits per heavy atom. The Hall–Kier alpha value is -1.62. The second-order valence-electron chi connectivity index (χ2n) is 5.96. The van der Waals surface area contributed by atoms with Crippen LogP contribution in [0.2, 0.25) is 0 Å². The first-order valence-corrected chi connectivity index (χ1v) is 6.91. The fourth-order valence-electron chi connectivity index (χ4n) is 1.66. The van der Waals surface area contributed by atoms with Crippen LogP contribution in [-0.4, -0.2) is 29.3 Å². The molecule has 2 N–H and O–H groups in total. The van der Waals surface area contributed by atoms with Crippen LogP contribution < -0.4 is 10.6 Å². The average molecular weight is 279 g/mol. The Bertz CT molecular complexity index is 415. The molecule has 2 unspecified atom stereocenters. The first kappa shape index (κ1) is 16.4. The van der Waals surface area contributed by atoms with Crippen LogP contribution in [0.1, 0.15) is 46.2 Å². The predicted molar refractivity (Wildman–Crippen MR) is 79.5 cm³/mol. The standard InChI is InChI=1S/C15H25N3O2/c1-11(18-14(19)20-15(3,4)5)9-17-12(2)13-7-6-8-16-10-13/h6-8,10-12,17H,9H2,1-5H3,(H,18,19). The summed E-state index contributed by atoms with van der Waals surface area (Å²) in [4.78, 5) is 15.7. The average Bonchev–Trinajstić information content (AvgIpc) is 2.34. The molecule has 0 aliphatic rings. The molecule has 5 heteroatoms. The largest absolute Gasteiger partial charge is 0.444 e. The lowest BCUT2D eigenvalue weighted by Crippen LogP contribution is -2.43. The molecule has 1 amide bonds. The van der Waals surface area contributed by atoms with Crippen molar-refractivity contribution in [2.75, 3.05) is 6.54 Å². The Labute approximate surface area is 121 Å². The van der Waals surface area contributed by atoms with Crippen molar-refractivity contribution in [2.45, 2.75) is 52.3 Å². The van der Waals surface area contributed by atoms with Gasteiger partial charge >= 0.3 is 6.09 Å². The summed E-state index contributed by atoms with van der Waals surface area (Å²) in [5, 5.41) is 6.16. The quantitative estimate of drug-likeness (QED) is 0.869. The first-order valence-electron chi connectivity index (χ1n) is 6.91. The van der Waals surface area contributed by atoms with E-state index in [1.165, 1.54) is 0 Å². The molecule has 0 bridgehead atoms. The Kier molecular flexibility index (Phi) is 5.95. The van der Waals surface area contributed by atoms with Crippen LogP contribution in [0.25, 0.3) is 0 Å². The minimum Gasteiger partial charge on any atom is -0.444 e. The summed E-state index contributed by atoms with van der Waals surface area (Å²) in [5.74, 6) is 0. The smallest absolute Gasteiger partial charge is 0.407 e. The summed E-state index contributed by atoms with van der Waals surface area (Å²) in [6.45, 7) is 10.2. The molecule has 1 aromatic heterocycles. The van der Waals surface area contributed by atoms with Gasteiger partial charge in [0, 0.05) is 31.0 Å². The minimum absolute atomic E-state index is 0.0102. The van der Waals surface area contributed by atoms with Gasteiger partial charge < -0.3 is 15.4 Å². The fourth-order valence-corrected chi connectivity index (χ4v) is 1.66. The van der Waals surface area contributed by atoms with E-state index in [1.54, 1.807) is 6.20 Å². The SMILES string of the molecule is CC(CNC(C)c1cccnc1)NC(=O)OC(C)(C)C.